The minimum absolute atomic E-state index is 0.0152. The van der Waals surface area contributed by atoms with E-state index in [-0.39, 0.29) is 29.3 Å². The van der Waals surface area contributed by atoms with E-state index >= 15 is 0 Å². The van der Waals surface area contributed by atoms with Crippen molar-refractivity contribution in [1.82, 2.24) is 25.1 Å². The number of hydrogen-bond acceptors (Lipinski definition) is 7. The molecular weight excluding hydrogens is 413 g/mol. The van der Waals surface area contributed by atoms with Crippen LogP contribution in [0.4, 0.5) is 4.39 Å². The Kier molecular flexibility index (Phi) is 5.34. The quantitative estimate of drug-likeness (QED) is 0.647. The van der Waals surface area contributed by atoms with E-state index in [0.29, 0.717) is 29.1 Å². The summed E-state index contributed by atoms with van der Waals surface area (Å²) < 4.78 is 22.0. The van der Waals surface area contributed by atoms with Crippen molar-refractivity contribution in [1.29, 1.82) is 0 Å². The topological polar surface area (TPSA) is 102 Å². The van der Waals surface area contributed by atoms with E-state index in [9.17, 15) is 14.3 Å². The molecular formula is C23H24FN5O3. The SMILES string of the molecule is Cn1c(-c2ccc(-c3ccc(O[C@@H]4C[C@H]5CCC[C@H](N5)[C@H]4F)nn3)c(O)c2)nccc1=O. The number of aromatic nitrogens is 4. The zero-order chi connectivity index (χ0) is 22.2. The zero-order valence-corrected chi connectivity index (χ0v) is 17.6. The van der Waals surface area contributed by atoms with E-state index in [4.69, 9.17) is 4.74 Å². The number of nitrogens with zero attached hydrogens (tertiary/aromatic N) is 4. The lowest BCUT2D eigenvalue weighted by molar-refractivity contribution is 0.00652. The van der Waals surface area contributed by atoms with Crippen LogP contribution in [-0.2, 0) is 7.05 Å². The maximum absolute atomic E-state index is 14.7. The van der Waals surface area contributed by atoms with Crippen LogP contribution in [0.2, 0.25) is 0 Å². The van der Waals surface area contributed by atoms with Gasteiger partial charge in [-0.2, -0.15) is 0 Å². The van der Waals surface area contributed by atoms with E-state index in [1.54, 1.807) is 31.3 Å². The maximum Gasteiger partial charge on any atom is 0.253 e. The summed E-state index contributed by atoms with van der Waals surface area (Å²) in [5.74, 6) is 0.696. The van der Waals surface area contributed by atoms with Crippen molar-refractivity contribution in [2.75, 3.05) is 0 Å². The molecule has 32 heavy (non-hydrogen) atoms. The van der Waals surface area contributed by atoms with E-state index < -0.39 is 12.3 Å². The lowest BCUT2D eigenvalue weighted by atomic mass is 9.84. The third-order valence-corrected chi connectivity index (χ3v) is 6.28. The van der Waals surface area contributed by atoms with Crippen LogP contribution in [0.1, 0.15) is 25.7 Å². The molecule has 2 aliphatic rings. The molecule has 4 atom stereocenters. The second-order valence-corrected chi connectivity index (χ2v) is 8.39. The summed E-state index contributed by atoms with van der Waals surface area (Å²) in [6.45, 7) is 0. The summed E-state index contributed by atoms with van der Waals surface area (Å²) >= 11 is 0. The number of ether oxygens (including phenoxy) is 1. The van der Waals surface area contributed by atoms with Gasteiger partial charge in [0.25, 0.3) is 5.56 Å². The van der Waals surface area contributed by atoms with Crippen LogP contribution < -0.4 is 15.6 Å². The predicted octanol–water partition coefficient (Wildman–Crippen LogP) is 2.61. The molecule has 2 aromatic heterocycles. The summed E-state index contributed by atoms with van der Waals surface area (Å²) in [6, 6.07) is 9.81. The summed E-state index contributed by atoms with van der Waals surface area (Å²) in [4.78, 5) is 16.1. The number of benzene rings is 1. The number of phenolic OH excluding ortho intramolecular Hbond substituents is 1. The molecule has 166 valence electrons. The molecule has 5 rings (SSSR count). The fraction of sp³-hybridized carbons (Fsp3) is 0.391. The molecule has 0 spiro atoms. The highest BCUT2D eigenvalue weighted by atomic mass is 19.1. The fourth-order valence-electron chi connectivity index (χ4n) is 4.58. The van der Waals surface area contributed by atoms with Crippen molar-refractivity contribution >= 4 is 0 Å². The number of phenols is 1. The first-order chi connectivity index (χ1) is 15.5. The fourth-order valence-corrected chi connectivity index (χ4v) is 4.58. The molecule has 2 saturated heterocycles. The monoisotopic (exact) mass is 437 g/mol. The number of fused-ring (bicyclic) bond motifs is 2. The lowest BCUT2D eigenvalue weighted by Gasteiger charge is -2.42. The third kappa shape index (κ3) is 3.84. The molecule has 9 heteroatoms. The highest BCUT2D eigenvalue weighted by molar-refractivity contribution is 5.72. The van der Waals surface area contributed by atoms with Gasteiger partial charge in [-0.1, -0.05) is 12.5 Å². The van der Waals surface area contributed by atoms with Gasteiger partial charge < -0.3 is 15.2 Å². The third-order valence-electron chi connectivity index (χ3n) is 6.28. The molecule has 0 aliphatic carbocycles. The van der Waals surface area contributed by atoms with Gasteiger partial charge in [0.2, 0.25) is 5.88 Å². The Bertz CT molecular complexity index is 1180. The first-order valence-corrected chi connectivity index (χ1v) is 10.8. The summed E-state index contributed by atoms with van der Waals surface area (Å²) in [6.07, 6.45) is 3.34. The Morgan fingerprint density at radius 3 is 2.84 bits per heavy atom. The van der Waals surface area contributed by atoms with Gasteiger partial charge >= 0.3 is 0 Å². The Labute approximate surface area is 184 Å². The van der Waals surface area contributed by atoms with Crippen molar-refractivity contribution in [3.8, 4) is 34.3 Å². The van der Waals surface area contributed by atoms with Crippen LogP contribution in [0.15, 0.2) is 47.4 Å². The molecule has 0 amide bonds. The average Bonchev–Trinajstić information content (AvgIpc) is 2.80. The van der Waals surface area contributed by atoms with Gasteiger partial charge in [0.05, 0.1) is 5.69 Å². The van der Waals surface area contributed by atoms with Crippen LogP contribution in [0.25, 0.3) is 22.6 Å². The molecule has 0 saturated carbocycles. The Morgan fingerprint density at radius 1 is 1.19 bits per heavy atom. The summed E-state index contributed by atoms with van der Waals surface area (Å²) in [7, 11) is 1.62. The lowest BCUT2D eigenvalue weighted by Crippen LogP contribution is -2.59. The van der Waals surface area contributed by atoms with Gasteiger partial charge in [-0.3, -0.25) is 9.36 Å². The molecule has 8 nitrogen and oxygen atoms in total. The first-order valence-electron chi connectivity index (χ1n) is 10.8. The Balaban J connectivity index is 1.34. The molecule has 1 aromatic carbocycles. The van der Waals surface area contributed by atoms with Gasteiger partial charge in [0, 0.05) is 55.0 Å². The van der Waals surface area contributed by atoms with Gasteiger partial charge in [-0.15, -0.1) is 10.2 Å². The predicted molar refractivity (Wildman–Crippen MR) is 116 cm³/mol. The second kappa shape index (κ2) is 8.31. The number of halogens is 1. The molecule has 0 radical (unpaired) electrons. The van der Waals surface area contributed by atoms with E-state index in [2.05, 4.69) is 20.5 Å². The molecule has 2 aliphatic heterocycles. The number of alkyl halides is 1. The van der Waals surface area contributed by atoms with Crippen LogP contribution in [0, 0.1) is 0 Å². The maximum atomic E-state index is 14.7. The summed E-state index contributed by atoms with van der Waals surface area (Å²) in [5.41, 5.74) is 1.35. The standard InChI is InChI=1S/C23H24FN5O3/c1-29-21(31)9-10-25-23(29)13-5-6-15(18(30)11-13)16-7-8-20(28-27-16)32-19-12-14-3-2-4-17(26-14)22(19)24/h5-11,14,17,19,22,26,30H,2-4,12H2,1H3/t14-,17+,19-,22-/m1/s1. The molecule has 0 unspecified atom stereocenters. The number of rotatable bonds is 4. The van der Waals surface area contributed by atoms with Crippen LogP contribution in [0.5, 0.6) is 11.6 Å². The minimum atomic E-state index is -1.08. The van der Waals surface area contributed by atoms with Crippen LogP contribution in [-0.4, -0.2) is 49.2 Å². The van der Waals surface area contributed by atoms with Crippen molar-refractivity contribution in [3.05, 3.63) is 52.9 Å². The minimum Gasteiger partial charge on any atom is -0.507 e. The number of nitrogens with one attached hydrogen (secondary N) is 1. The van der Waals surface area contributed by atoms with E-state index in [0.717, 1.165) is 19.3 Å². The van der Waals surface area contributed by atoms with E-state index in [1.807, 2.05) is 0 Å². The number of aromatic hydroxyl groups is 1. The number of hydrogen-bond donors (Lipinski definition) is 2. The molecule has 2 bridgehead atoms. The normalized spacial score (nSPS) is 24.8. The molecule has 2 N–H and O–H groups in total. The van der Waals surface area contributed by atoms with Crippen LogP contribution in [0.3, 0.4) is 0 Å². The Hall–Kier alpha value is -3.33. The highest BCUT2D eigenvalue weighted by Gasteiger charge is 2.41. The van der Waals surface area contributed by atoms with Crippen molar-refractivity contribution in [2.45, 2.75) is 50.0 Å². The molecule has 4 heterocycles. The molecule has 2 fully saturated rings. The van der Waals surface area contributed by atoms with Crippen molar-refractivity contribution < 1.29 is 14.2 Å². The average molecular weight is 437 g/mol. The van der Waals surface area contributed by atoms with Gasteiger partial charge in [-0.25, -0.2) is 9.37 Å². The van der Waals surface area contributed by atoms with E-state index in [1.165, 1.54) is 22.9 Å². The second-order valence-electron chi connectivity index (χ2n) is 8.39. The highest BCUT2D eigenvalue weighted by Crippen LogP contribution is 2.33. The van der Waals surface area contributed by atoms with Gasteiger partial charge in [0.1, 0.15) is 17.7 Å². The smallest absolute Gasteiger partial charge is 0.253 e. The van der Waals surface area contributed by atoms with Gasteiger partial charge in [-0.05, 0) is 31.0 Å². The van der Waals surface area contributed by atoms with Crippen LogP contribution >= 0.6 is 0 Å². The summed E-state index contributed by atoms with van der Waals surface area (Å²) in [5, 5.41) is 22.1. The van der Waals surface area contributed by atoms with Crippen molar-refractivity contribution in [3.63, 3.8) is 0 Å². The van der Waals surface area contributed by atoms with Crippen molar-refractivity contribution in [2.24, 2.45) is 7.05 Å². The number of piperidine rings is 2. The molecule has 3 aromatic rings. The Morgan fingerprint density at radius 2 is 2.06 bits per heavy atom. The van der Waals surface area contributed by atoms with Gasteiger partial charge in [0.15, 0.2) is 6.17 Å². The largest absolute Gasteiger partial charge is 0.507 e. The first kappa shape index (κ1) is 20.6. The zero-order valence-electron chi connectivity index (χ0n) is 17.6.